The molecular formula is C20H20N2O6S. The number of esters is 1. The van der Waals surface area contributed by atoms with Crippen molar-refractivity contribution in [1.82, 2.24) is 4.90 Å². The van der Waals surface area contributed by atoms with Gasteiger partial charge in [-0.3, -0.25) is 14.4 Å². The summed E-state index contributed by atoms with van der Waals surface area (Å²) in [5, 5.41) is 2.18. The normalized spacial score (nSPS) is 18.3. The molecule has 1 fully saturated rings. The third-order valence-electron chi connectivity index (χ3n) is 4.34. The quantitative estimate of drug-likeness (QED) is 0.570. The Morgan fingerprint density at radius 1 is 1.17 bits per heavy atom. The van der Waals surface area contributed by atoms with Crippen molar-refractivity contribution < 1.29 is 28.3 Å². The minimum Gasteiger partial charge on any atom is -0.466 e. The number of ketones is 1. The maximum Gasteiger partial charge on any atom is 0.330 e. The second-order valence-corrected chi connectivity index (χ2v) is 7.55. The van der Waals surface area contributed by atoms with Crippen LogP contribution in [0, 0.1) is 0 Å². The Balaban J connectivity index is 1.56. The highest BCUT2D eigenvalue weighted by Crippen LogP contribution is 2.41. The van der Waals surface area contributed by atoms with Crippen LogP contribution < -0.4 is 5.32 Å². The lowest BCUT2D eigenvalue weighted by molar-refractivity contribution is -0.155. The molecule has 152 valence electrons. The number of benzene rings is 1. The summed E-state index contributed by atoms with van der Waals surface area (Å²) in [6.45, 7) is 2.35. The molecule has 1 aliphatic rings. The molecule has 0 aliphatic carbocycles. The van der Waals surface area contributed by atoms with Crippen LogP contribution in [0.15, 0.2) is 47.1 Å². The highest BCUT2D eigenvalue weighted by Gasteiger charge is 2.43. The lowest BCUT2D eigenvalue weighted by atomic mass is 10.1. The van der Waals surface area contributed by atoms with Crippen LogP contribution in [0.5, 0.6) is 0 Å². The summed E-state index contributed by atoms with van der Waals surface area (Å²) in [7, 11) is 0. The van der Waals surface area contributed by atoms with Crippen molar-refractivity contribution in [2.24, 2.45) is 0 Å². The summed E-state index contributed by atoms with van der Waals surface area (Å²) in [6, 6.07) is 9.04. The van der Waals surface area contributed by atoms with Gasteiger partial charge in [-0.2, -0.15) is 0 Å². The molecule has 1 saturated heterocycles. The molecule has 2 aromatic rings. The van der Waals surface area contributed by atoms with Crippen molar-refractivity contribution in [2.75, 3.05) is 17.7 Å². The number of carbonyl (C=O) groups excluding carboxylic acids is 4. The van der Waals surface area contributed by atoms with E-state index in [0.717, 1.165) is 0 Å². The number of ether oxygens (including phenoxy) is 1. The van der Waals surface area contributed by atoms with E-state index in [0.29, 0.717) is 22.8 Å². The van der Waals surface area contributed by atoms with E-state index >= 15 is 0 Å². The maximum atomic E-state index is 12.5. The van der Waals surface area contributed by atoms with Crippen LogP contribution in [-0.4, -0.2) is 46.9 Å². The van der Waals surface area contributed by atoms with Crippen LogP contribution in [0.25, 0.3) is 0 Å². The standard InChI is InChI=1S/C20H20N2O6S/c1-12(23)14-5-7-15(8-6-14)21-18(25)10-28-20(26)16-11-29-19(22(16)13(2)24)17-4-3-9-27-17/h3-9,16,19H,10-11H2,1-2H3,(H,21,25)/t16-,19-/m1/s1. The van der Waals surface area contributed by atoms with Crippen LogP contribution in [0.1, 0.15) is 35.3 Å². The summed E-state index contributed by atoms with van der Waals surface area (Å²) in [5.41, 5.74) is 1.01. The fraction of sp³-hybridized carbons (Fsp3) is 0.300. The number of amides is 2. The number of rotatable bonds is 6. The van der Waals surface area contributed by atoms with Crippen LogP contribution in [0.3, 0.4) is 0 Å². The van der Waals surface area contributed by atoms with Crippen molar-refractivity contribution in [1.29, 1.82) is 0 Å². The molecule has 1 aromatic carbocycles. The van der Waals surface area contributed by atoms with E-state index in [-0.39, 0.29) is 11.7 Å². The second-order valence-electron chi connectivity index (χ2n) is 6.43. The monoisotopic (exact) mass is 416 g/mol. The smallest absolute Gasteiger partial charge is 0.330 e. The van der Waals surface area contributed by atoms with Gasteiger partial charge in [0.15, 0.2) is 12.4 Å². The highest BCUT2D eigenvalue weighted by atomic mass is 32.2. The van der Waals surface area contributed by atoms with Gasteiger partial charge in [-0.1, -0.05) is 0 Å². The number of thioether (sulfide) groups is 1. The van der Waals surface area contributed by atoms with E-state index in [2.05, 4.69) is 5.32 Å². The summed E-state index contributed by atoms with van der Waals surface area (Å²) in [4.78, 5) is 49.3. The Morgan fingerprint density at radius 3 is 2.48 bits per heavy atom. The zero-order chi connectivity index (χ0) is 21.0. The Bertz CT molecular complexity index is 910. The minimum absolute atomic E-state index is 0.0749. The van der Waals surface area contributed by atoms with Gasteiger partial charge in [-0.05, 0) is 43.3 Å². The number of hydrogen-bond donors (Lipinski definition) is 1. The number of anilines is 1. The first-order chi connectivity index (χ1) is 13.9. The van der Waals surface area contributed by atoms with Gasteiger partial charge >= 0.3 is 5.97 Å². The van der Waals surface area contributed by atoms with E-state index in [9.17, 15) is 19.2 Å². The first kappa shape index (κ1) is 20.7. The highest BCUT2D eigenvalue weighted by molar-refractivity contribution is 7.99. The van der Waals surface area contributed by atoms with Gasteiger partial charge in [0.2, 0.25) is 5.91 Å². The molecule has 9 heteroatoms. The van der Waals surface area contributed by atoms with Crippen LogP contribution in [0.2, 0.25) is 0 Å². The fourth-order valence-electron chi connectivity index (χ4n) is 2.94. The molecule has 2 atom stereocenters. The molecule has 0 unspecified atom stereocenters. The number of furan rings is 1. The number of hydrogen-bond acceptors (Lipinski definition) is 7. The third-order valence-corrected chi connectivity index (χ3v) is 5.63. The van der Waals surface area contributed by atoms with Crippen molar-refractivity contribution in [3.8, 4) is 0 Å². The van der Waals surface area contributed by atoms with Gasteiger partial charge < -0.3 is 19.4 Å². The van der Waals surface area contributed by atoms with Gasteiger partial charge in [0, 0.05) is 23.9 Å². The molecule has 0 spiro atoms. The molecule has 0 radical (unpaired) electrons. The third kappa shape index (κ3) is 4.86. The predicted octanol–water partition coefficient (Wildman–Crippen LogP) is 2.63. The van der Waals surface area contributed by atoms with Crippen molar-refractivity contribution in [2.45, 2.75) is 25.3 Å². The van der Waals surface area contributed by atoms with E-state index in [1.807, 2.05) is 0 Å². The predicted molar refractivity (Wildman–Crippen MR) is 106 cm³/mol. The molecule has 3 rings (SSSR count). The second kappa shape index (κ2) is 8.95. The minimum atomic E-state index is -0.796. The fourth-order valence-corrected chi connectivity index (χ4v) is 4.36. The largest absolute Gasteiger partial charge is 0.466 e. The average Bonchev–Trinajstić information content (AvgIpc) is 3.35. The lowest BCUT2D eigenvalue weighted by Crippen LogP contribution is -2.43. The van der Waals surface area contributed by atoms with Crippen LogP contribution in [0.4, 0.5) is 5.69 Å². The lowest BCUT2D eigenvalue weighted by Gasteiger charge is -2.25. The van der Waals surface area contributed by atoms with E-state index in [4.69, 9.17) is 9.15 Å². The maximum absolute atomic E-state index is 12.5. The van der Waals surface area contributed by atoms with Gasteiger partial charge in [0.1, 0.15) is 17.2 Å². The number of nitrogens with one attached hydrogen (secondary N) is 1. The Kier molecular flexibility index (Phi) is 6.38. The van der Waals surface area contributed by atoms with Gasteiger partial charge in [0.05, 0.1) is 6.26 Å². The summed E-state index contributed by atoms with van der Waals surface area (Å²) >= 11 is 1.40. The van der Waals surface area contributed by atoms with Crippen LogP contribution >= 0.6 is 11.8 Å². The van der Waals surface area contributed by atoms with E-state index in [1.54, 1.807) is 36.4 Å². The first-order valence-electron chi connectivity index (χ1n) is 8.88. The van der Waals surface area contributed by atoms with Crippen molar-refractivity contribution in [3.05, 3.63) is 54.0 Å². The molecule has 1 aromatic heterocycles. The van der Waals surface area contributed by atoms with Gasteiger partial charge in [-0.25, -0.2) is 4.79 Å². The Labute approximate surface area is 171 Å². The van der Waals surface area contributed by atoms with E-state index < -0.39 is 29.9 Å². The van der Waals surface area contributed by atoms with E-state index in [1.165, 1.54) is 36.8 Å². The molecule has 8 nitrogen and oxygen atoms in total. The number of carbonyl (C=O) groups is 4. The zero-order valence-electron chi connectivity index (χ0n) is 15.9. The molecule has 1 aliphatic heterocycles. The molecule has 29 heavy (non-hydrogen) atoms. The molecular weight excluding hydrogens is 396 g/mol. The van der Waals surface area contributed by atoms with Crippen molar-refractivity contribution >= 4 is 41.0 Å². The van der Waals surface area contributed by atoms with Gasteiger partial charge in [0.25, 0.3) is 5.91 Å². The summed E-state index contributed by atoms with van der Waals surface area (Å²) in [6.07, 6.45) is 1.51. The van der Waals surface area contributed by atoms with Gasteiger partial charge in [-0.15, -0.1) is 11.8 Å². The number of nitrogens with zero attached hydrogens (tertiary/aromatic N) is 1. The zero-order valence-corrected chi connectivity index (χ0v) is 16.7. The topological polar surface area (TPSA) is 106 Å². The Morgan fingerprint density at radius 2 is 1.90 bits per heavy atom. The first-order valence-corrected chi connectivity index (χ1v) is 9.93. The average molecular weight is 416 g/mol. The number of Topliss-reactive ketones (excluding diaryl/α,β-unsaturated/α-hetero) is 1. The molecule has 0 bridgehead atoms. The molecule has 2 heterocycles. The van der Waals surface area contributed by atoms with Crippen molar-refractivity contribution in [3.63, 3.8) is 0 Å². The summed E-state index contributed by atoms with van der Waals surface area (Å²) < 4.78 is 10.5. The Hall–Kier alpha value is -3.07. The SMILES string of the molecule is CC(=O)c1ccc(NC(=O)COC(=O)[C@H]2CS[C@H](c3ccco3)N2C(C)=O)cc1. The molecule has 2 amide bonds. The summed E-state index contributed by atoms with van der Waals surface area (Å²) in [5.74, 6) is -0.604. The van der Waals surface area contributed by atoms with Crippen LogP contribution in [-0.2, 0) is 19.1 Å². The molecule has 0 saturated carbocycles. The molecule has 1 N–H and O–H groups in total.